The van der Waals surface area contributed by atoms with Gasteiger partial charge in [0.2, 0.25) is 0 Å². The number of hydrogen-bond acceptors (Lipinski definition) is 3. The van der Waals surface area contributed by atoms with Crippen molar-refractivity contribution in [3.05, 3.63) is 40.7 Å². The van der Waals surface area contributed by atoms with Crippen LogP contribution in [0.4, 0.5) is 0 Å². The lowest BCUT2D eigenvalue weighted by atomic mass is 9.94. The average Bonchev–Trinajstić information content (AvgIpc) is 2.77. The van der Waals surface area contributed by atoms with E-state index in [1.807, 2.05) is 16.7 Å². The van der Waals surface area contributed by atoms with Crippen molar-refractivity contribution < 1.29 is 9.53 Å². The minimum absolute atomic E-state index is 0.336. The van der Waals surface area contributed by atoms with Crippen LogP contribution in [0.3, 0.4) is 0 Å². The molecule has 0 bridgehead atoms. The van der Waals surface area contributed by atoms with E-state index in [1.54, 1.807) is 6.07 Å². The lowest BCUT2D eigenvalue weighted by molar-refractivity contribution is 0.0600. The van der Waals surface area contributed by atoms with E-state index in [0.29, 0.717) is 5.56 Å². The second-order valence-corrected chi connectivity index (χ2v) is 5.49. The number of aryl methyl sites for hydroxylation is 1. The number of fused-ring (bicyclic) bond motifs is 3. The Morgan fingerprint density at radius 1 is 1.24 bits per heavy atom. The molecule has 1 aliphatic rings. The summed E-state index contributed by atoms with van der Waals surface area (Å²) in [6, 6.07) is 5.91. The van der Waals surface area contributed by atoms with Gasteiger partial charge in [-0.2, -0.15) is 5.26 Å². The minimum atomic E-state index is -0.336. The quantitative estimate of drug-likeness (QED) is 0.754. The van der Waals surface area contributed by atoms with Crippen molar-refractivity contribution in [3.8, 4) is 6.07 Å². The van der Waals surface area contributed by atoms with Gasteiger partial charge in [-0.1, -0.05) is 12.8 Å². The first-order valence-corrected chi connectivity index (χ1v) is 7.40. The van der Waals surface area contributed by atoms with Gasteiger partial charge in [-0.25, -0.2) is 4.79 Å². The van der Waals surface area contributed by atoms with Crippen LogP contribution in [-0.4, -0.2) is 17.5 Å². The van der Waals surface area contributed by atoms with Gasteiger partial charge in [0.15, 0.2) is 0 Å². The Labute approximate surface area is 123 Å². The predicted octanol–water partition coefficient (Wildman–Crippen LogP) is 3.26. The van der Waals surface area contributed by atoms with Crippen LogP contribution >= 0.6 is 0 Å². The summed E-state index contributed by atoms with van der Waals surface area (Å²) in [5.41, 5.74) is 4.64. The van der Waals surface area contributed by atoms with Crippen LogP contribution < -0.4 is 0 Å². The molecule has 2 aromatic rings. The van der Waals surface area contributed by atoms with Crippen LogP contribution in [0.5, 0.6) is 0 Å². The second-order valence-electron chi connectivity index (χ2n) is 5.49. The maximum Gasteiger partial charge on any atom is 0.337 e. The first-order chi connectivity index (χ1) is 10.3. The highest BCUT2D eigenvalue weighted by atomic mass is 16.5. The molecule has 0 fully saturated rings. The Morgan fingerprint density at radius 3 is 2.62 bits per heavy atom. The monoisotopic (exact) mass is 282 g/mol. The standard InChI is InChI=1S/C17H18N2O2/c1-21-17(20)12-8-9-19-15(10-12)13-6-4-2-3-5-7-14(13)16(19)11-18/h8-10H,2-7H2,1H3. The fraction of sp³-hybridized carbons (Fsp3) is 0.412. The largest absolute Gasteiger partial charge is 0.465 e. The Bertz CT molecular complexity index is 737. The molecule has 0 saturated heterocycles. The highest BCUT2D eigenvalue weighted by molar-refractivity contribution is 5.91. The van der Waals surface area contributed by atoms with Gasteiger partial charge in [-0.05, 0) is 48.9 Å². The van der Waals surface area contributed by atoms with E-state index in [1.165, 1.54) is 31.1 Å². The molecule has 0 amide bonds. The Hall–Kier alpha value is -2.28. The van der Waals surface area contributed by atoms with Gasteiger partial charge in [0, 0.05) is 6.20 Å². The maximum absolute atomic E-state index is 11.7. The molecule has 21 heavy (non-hydrogen) atoms. The number of methoxy groups -OCH3 is 1. The van der Waals surface area contributed by atoms with Crippen LogP contribution in [-0.2, 0) is 17.6 Å². The number of aromatic nitrogens is 1. The van der Waals surface area contributed by atoms with Gasteiger partial charge in [0.05, 0.1) is 18.2 Å². The summed E-state index contributed by atoms with van der Waals surface area (Å²) in [7, 11) is 1.38. The van der Waals surface area contributed by atoms with Gasteiger partial charge in [-0.3, -0.25) is 0 Å². The van der Waals surface area contributed by atoms with Crippen LogP contribution in [0.1, 0.15) is 52.9 Å². The zero-order chi connectivity index (χ0) is 14.8. The maximum atomic E-state index is 11.7. The molecule has 2 aromatic heterocycles. The molecule has 0 aromatic carbocycles. The van der Waals surface area contributed by atoms with Crippen molar-refractivity contribution in [2.45, 2.75) is 38.5 Å². The summed E-state index contributed by atoms with van der Waals surface area (Å²) < 4.78 is 6.71. The molecule has 0 N–H and O–H groups in total. The number of nitriles is 1. The van der Waals surface area contributed by atoms with Crippen molar-refractivity contribution in [3.63, 3.8) is 0 Å². The number of rotatable bonds is 1. The van der Waals surface area contributed by atoms with E-state index in [-0.39, 0.29) is 5.97 Å². The van der Waals surface area contributed by atoms with Crippen LogP contribution in [0.25, 0.3) is 5.52 Å². The number of ether oxygens (including phenoxy) is 1. The number of carbonyl (C=O) groups is 1. The fourth-order valence-corrected chi connectivity index (χ4v) is 3.24. The number of pyridine rings is 1. The molecular weight excluding hydrogens is 264 g/mol. The molecule has 0 radical (unpaired) electrons. The van der Waals surface area contributed by atoms with Crippen LogP contribution in [0, 0.1) is 11.3 Å². The molecule has 4 heteroatoms. The summed E-state index contributed by atoms with van der Waals surface area (Å²) >= 11 is 0. The van der Waals surface area contributed by atoms with Gasteiger partial charge in [0.1, 0.15) is 11.8 Å². The van der Waals surface area contributed by atoms with Crippen molar-refractivity contribution in [1.82, 2.24) is 4.40 Å². The molecule has 2 heterocycles. The SMILES string of the molecule is COC(=O)c1ccn2c(C#N)c3c(c2c1)CCCCCC3. The third-order valence-corrected chi connectivity index (χ3v) is 4.29. The molecule has 0 atom stereocenters. The number of hydrogen-bond donors (Lipinski definition) is 0. The normalized spacial score (nSPS) is 14.9. The third-order valence-electron chi connectivity index (χ3n) is 4.29. The van der Waals surface area contributed by atoms with Crippen molar-refractivity contribution in [1.29, 1.82) is 5.26 Å². The van der Waals surface area contributed by atoms with Crippen LogP contribution in [0.15, 0.2) is 18.3 Å². The molecule has 4 nitrogen and oxygen atoms in total. The average molecular weight is 282 g/mol. The highest BCUT2D eigenvalue weighted by Crippen LogP contribution is 2.29. The molecule has 0 aliphatic heterocycles. The van der Waals surface area contributed by atoms with Gasteiger partial charge in [0.25, 0.3) is 0 Å². The van der Waals surface area contributed by atoms with Gasteiger partial charge in [-0.15, -0.1) is 0 Å². The lowest BCUT2D eigenvalue weighted by Gasteiger charge is -2.09. The summed E-state index contributed by atoms with van der Waals surface area (Å²) in [6.45, 7) is 0. The zero-order valence-electron chi connectivity index (χ0n) is 12.2. The molecule has 0 unspecified atom stereocenters. The number of nitrogens with zero attached hydrogens (tertiary/aromatic N) is 2. The van der Waals surface area contributed by atoms with E-state index >= 15 is 0 Å². The second kappa shape index (κ2) is 5.61. The molecule has 3 rings (SSSR count). The number of carbonyl (C=O) groups excluding carboxylic acids is 1. The number of esters is 1. The van der Waals surface area contributed by atoms with Gasteiger partial charge < -0.3 is 9.14 Å². The molecule has 0 saturated carbocycles. The third kappa shape index (κ3) is 2.29. The summed E-state index contributed by atoms with van der Waals surface area (Å²) in [6.07, 6.45) is 8.46. The first-order valence-electron chi connectivity index (χ1n) is 7.40. The Morgan fingerprint density at radius 2 is 1.95 bits per heavy atom. The first kappa shape index (κ1) is 13.7. The van der Waals surface area contributed by atoms with E-state index in [2.05, 4.69) is 6.07 Å². The van der Waals surface area contributed by atoms with E-state index in [4.69, 9.17) is 4.74 Å². The Balaban J connectivity index is 2.23. The van der Waals surface area contributed by atoms with Gasteiger partial charge >= 0.3 is 5.97 Å². The van der Waals surface area contributed by atoms with Crippen molar-refractivity contribution >= 4 is 11.5 Å². The topological polar surface area (TPSA) is 54.5 Å². The Kier molecular flexibility index (Phi) is 3.66. The zero-order valence-corrected chi connectivity index (χ0v) is 12.2. The molecule has 0 spiro atoms. The van der Waals surface area contributed by atoms with Crippen molar-refractivity contribution in [2.75, 3.05) is 7.11 Å². The van der Waals surface area contributed by atoms with Crippen LogP contribution in [0.2, 0.25) is 0 Å². The predicted molar refractivity (Wildman–Crippen MR) is 79.3 cm³/mol. The smallest absolute Gasteiger partial charge is 0.337 e. The summed E-state index contributed by atoms with van der Waals surface area (Å²) in [5.74, 6) is -0.336. The van der Waals surface area contributed by atoms with E-state index < -0.39 is 0 Å². The van der Waals surface area contributed by atoms with E-state index in [9.17, 15) is 10.1 Å². The minimum Gasteiger partial charge on any atom is -0.465 e. The fourth-order valence-electron chi connectivity index (χ4n) is 3.24. The molecule has 1 aliphatic carbocycles. The molecular formula is C17H18N2O2. The highest BCUT2D eigenvalue weighted by Gasteiger charge is 2.20. The van der Waals surface area contributed by atoms with Crippen molar-refractivity contribution in [2.24, 2.45) is 0 Å². The van der Waals surface area contributed by atoms with E-state index in [0.717, 1.165) is 36.9 Å². The molecule has 108 valence electrons. The summed E-state index contributed by atoms with van der Waals surface area (Å²) in [5, 5.41) is 9.50. The summed E-state index contributed by atoms with van der Waals surface area (Å²) in [4.78, 5) is 11.7. The lowest BCUT2D eigenvalue weighted by Crippen LogP contribution is -2.02.